The molecule has 0 aromatic heterocycles. The quantitative estimate of drug-likeness (QED) is 0.584. The van der Waals surface area contributed by atoms with E-state index < -0.39 is 0 Å². The van der Waals surface area contributed by atoms with Crippen molar-refractivity contribution >= 4 is 16.8 Å². The zero-order chi connectivity index (χ0) is 7.31. The fourth-order valence-electron chi connectivity index (χ4n) is 1.89. The van der Waals surface area contributed by atoms with Crippen molar-refractivity contribution < 1.29 is 0 Å². The van der Waals surface area contributed by atoms with E-state index in [-0.39, 0.29) is 0 Å². The van der Waals surface area contributed by atoms with Crippen molar-refractivity contribution in [3.8, 4) is 0 Å². The molecule has 2 fully saturated rings. The van der Waals surface area contributed by atoms with Gasteiger partial charge in [-0.05, 0) is 32.1 Å². The molecule has 0 saturated heterocycles. The van der Waals surface area contributed by atoms with Crippen LogP contribution in [0.15, 0.2) is 4.99 Å². The second-order valence-corrected chi connectivity index (χ2v) is 5.09. The molecular formula is C9H13NS. The fourth-order valence-corrected chi connectivity index (χ4v) is 3.39. The average Bonchev–Trinajstić information content (AvgIpc) is 2.67. The molecule has 0 radical (unpaired) electrons. The minimum atomic E-state index is 0.461. The van der Waals surface area contributed by atoms with Crippen molar-refractivity contribution in [2.24, 2.45) is 10.9 Å². The summed E-state index contributed by atoms with van der Waals surface area (Å²) < 4.78 is 0. The Labute approximate surface area is 71.7 Å². The second-order valence-electron chi connectivity index (χ2n) is 4.09. The van der Waals surface area contributed by atoms with Crippen LogP contribution in [0, 0.1) is 5.92 Å². The van der Waals surface area contributed by atoms with E-state index in [1.807, 2.05) is 11.8 Å². The third-order valence-electron chi connectivity index (χ3n) is 3.05. The maximum absolute atomic E-state index is 4.87. The Morgan fingerprint density at radius 3 is 2.64 bits per heavy atom. The summed E-state index contributed by atoms with van der Waals surface area (Å²) in [6.07, 6.45) is 7.00. The van der Waals surface area contributed by atoms with Gasteiger partial charge in [-0.15, -0.1) is 11.8 Å². The lowest BCUT2D eigenvalue weighted by Crippen LogP contribution is -2.35. The van der Waals surface area contributed by atoms with Gasteiger partial charge in [0.1, 0.15) is 0 Å². The predicted octanol–water partition coefficient (Wildman–Crippen LogP) is 2.46. The molecule has 3 rings (SSSR count). The van der Waals surface area contributed by atoms with Crippen LogP contribution in [0.25, 0.3) is 0 Å². The van der Waals surface area contributed by atoms with Gasteiger partial charge in [-0.25, -0.2) is 0 Å². The minimum Gasteiger partial charge on any atom is -0.275 e. The van der Waals surface area contributed by atoms with Crippen LogP contribution >= 0.6 is 11.8 Å². The SMILES string of the molecule is C1CC2(C1)CSC(C1CC1)=N2. The highest BCUT2D eigenvalue weighted by Gasteiger charge is 2.44. The van der Waals surface area contributed by atoms with E-state index in [1.165, 1.54) is 42.9 Å². The van der Waals surface area contributed by atoms with Crippen molar-refractivity contribution in [3.63, 3.8) is 0 Å². The summed E-state index contributed by atoms with van der Waals surface area (Å²) in [5, 5.41) is 1.50. The maximum Gasteiger partial charge on any atom is 0.0714 e. The second kappa shape index (κ2) is 2.03. The molecule has 0 amide bonds. The Kier molecular flexibility index (Phi) is 1.21. The van der Waals surface area contributed by atoms with E-state index in [0.717, 1.165) is 5.92 Å². The molecule has 0 N–H and O–H groups in total. The van der Waals surface area contributed by atoms with E-state index in [1.54, 1.807) is 0 Å². The summed E-state index contributed by atoms with van der Waals surface area (Å²) in [4.78, 5) is 4.87. The lowest BCUT2D eigenvalue weighted by Gasteiger charge is -2.34. The molecule has 0 aromatic rings. The summed E-state index contributed by atoms with van der Waals surface area (Å²) in [5.41, 5.74) is 0.461. The Balaban J connectivity index is 1.81. The fraction of sp³-hybridized carbons (Fsp3) is 0.889. The Morgan fingerprint density at radius 2 is 2.18 bits per heavy atom. The van der Waals surface area contributed by atoms with Crippen LogP contribution in [0.2, 0.25) is 0 Å². The standard InChI is InChI=1S/C9H13NS/c1-4-9(5-1)6-11-8(10-9)7-2-3-7/h7H,1-6H2. The molecule has 1 spiro atoms. The van der Waals surface area contributed by atoms with E-state index in [9.17, 15) is 0 Å². The van der Waals surface area contributed by atoms with Crippen molar-refractivity contribution in [2.45, 2.75) is 37.6 Å². The van der Waals surface area contributed by atoms with E-state index in [2.05, 4.69) is 0 Å². The molecule has 2 saturated carbocycles. The number of rotatable bonds is 1. The predicted molar refractivity (Wildman–Crippen MR) is 49.2 cm³/mol. The van der Waals surface area contributed by atoms with Crippen LogP contribution in [0.5, 0.6) is 0 Å². The molecule has 1 nitrogen and oxygen atoms in total. The van der Waals surface area contributed by atoms with Crippen molar-refractivity contribution in [2.75, 3.05) is 5.75 Å². The zero-order valence-electron chi connectivity index (χ0n) is 6.68. The van der Waals surface area contributed by atoms with E-state index >= 15 is 0 Å². The zero-order valence-corrected chi connectivity index (χ0v) is 7.49. The van der Waals surface area contributed by atoms with Gasteiger partial charge in [0, 0.05) is 11.7 Å². The van der Waals surface area contributed by atoms with Crippen molar-refractivity contribution in [1.29, 1.82) is 0 Å². The number of thioether (sulfide) groups is 1. The highest BCUT2D eigenvalue weighted by molar-refractivity contribution is 8.14. The highest BCUT2D eigenvalue weighted by atomic mass is 32.2. The lowest BCUT2D eigenvalue weighted by molar-refractivity contribution is 0.290. The van der Waals surface area contributed by atoms with Crippen LogP contribution < -0.4 is 0 Å². The summed E-state index contributed by atoms with van der Waals surface area (Å²) in [6.45, 7) is 0. The first kappa shape index (κ1) is 6.53. The van der Waals surface area contributed by atoms with Gasteiger partial charge in [-0.1, -0.05) is 0 Å². The van der Waals surface area contributed by atoms with Crippen LogP contribution in [0.1, 0.15) is 32.1 Å². The first-order valence-corrected chi connectivity index (χ1v) is 5.59. The van der Waals surface area contributed by atoms with Crippen LogP contribution in [0.3, 0.4) is 0 Å². The summed E-state index contributed by atoms with van der Waals surface area (Å²) >= 11 is 2.05. The molecule has 2 heteroatoms. The van der Waals surface area contributed by atoms with E-state index in [0.29, 0.717) is 5.54 Å². The number of hydrogen-bond donors (Lipinski definition) is 0. The molecule has 0 atom stereocenters. The third-order valence-corrected chi connectivity index (χ3v) is 4.45. The Morgan fingerprint density at radius 1 is 1.36 bits per heavy atom. The summed E-state index contributed by atoms with van der Waals surface area (Å²) in [6, 6.07) is 0. The van der Waals surface area contributed by atoms with E-state index in [4.69, 9.17) is 4.99 Å². The molecule has 11 heavy (non-hydrogen) atoms. The van der Waals surface area contributed by atoms with Gasteiger partial charge >= 0.3 is 0 Å². The number of nitrogens with zero attached hydrogens (tertiary/aromatic N) is 1. The van der Waals surface area contributed by atoms with Crippen molar-refractivity contribution in [1.82, 2.24) is 0 Å². The number of aliphatic imine (C=N–C) groups is 1. The molecular weight excluding hydrogens is 154 g/mol. The Hall–Kier alpha value is 0.0200. The summed E-state index contributed by atoms with van der Waals surface area (Å²) in [7, 11) is 0. The normalized spacial score (nSPS) is 33.6. The van der Waals surface area contributed by atoms with Crippen molar-refractivity contribution in [3.05, 3.63) is 0 Å². The molecule has 1 aliphatic heterocycles. The molecule has 0 bridgehead atoms. The van der Waals surface area contributed by atoms with Crippen LogP contribution in [-0.4, -0.2) is 16.3 Å². The van der Waals surface area contributed by atoms with Gasteiger partial charge < -0.3 is 0 Å². The average molecular weight is 167 g/mol. The Bertz CT molecular complexity index is 214. The van der Waals surface area contributed by atoms with Gasteiger partial charge in [0.15, 0.2) is 0 Å². The van der Waals surface area contributed by atoms with Gasteiger partial charge in [-0.2, -0.15) is 0 Å². The first-order valence-electron chi connectivity index (χ1n) is 4.61. The van der Waals surface area contributed by atoms with Gasteiger partial charge in [0.05, 0.1) is 10.6 Å². The van der Waals surface area contributed by atoms with Gasteiger partial charge in [0.2, 0.25) is 0 Å². The van der Waals surface area contributed by atoms with Crippen LogP contribution in [-0.2, 0) is 0 Å². The summed E-state index contributed by atoms with van der Waals surface area (Å²) in [5.74, 6) is 2.21. The molecule has 0 aromatic carbocycles. The number of hydrogen-bond acceptors (Lipinski definition) is 2. The van der Waals surface area contributed by atoms with Gasteiger partial charge in [0.25, 0.3) is 0 Å². The molecule has 60 valence electrons. The minimum absolute atomic E-state index is 0.461. The molecule has 1 heterocycles. The lowest BCUT2D eigenvalue weighted by atomic mass is 9.79. The largest absolute Gasteiger partial charge is 0.275 e. The molecule has 2 aliphatic carbocycles. The maximum atomic E-state index is 4.87. The highest BCUT2D eigenvalue weighted by Crippen LogP contribution is 2.48. The molecule has 3 aliphatic rings. The van der Waals surface area contributed by atoms with Crippen LogP contribution in [0.4, 0.5) is 0 Å². The smallest absolute Gasteiger partial charge is 0.0714 e. The molecule has 0 unspecified atom stereocenters. The monoisotopic (exact) mass is 167 g/mol. The first-order chi connectivity index (χ1) is 5.38. The topological polar surface area (TPSA) is 12.4 Å². The van der Waals surface area contributed by atoms with Gasteiger partial charge in [-0.3, -0.25) is 4.99 Å². The third kappa shape index (κ3) is 0.952.